The molecule has 6 heteroatoms. The summed E-state index contributed by atoms with van der Waals surface area (Å²) in [5.74, 6) is 1.37. The molecule has 1 fully saturated rings. The van der Waals surface area contributed by atoms with Crippen LogP contribution in [-0.4, -0.2) is 22.3 Å². The van der Waals surface area contributed by atoms with Crippen molar-refractivity contribution >= 4 is 22.6 Å². The van der Waals surface area contributed by atoms with Gasteiger partial charge in [0.25, 0.3) is 0 Å². The number of rotatable bonds is 8. The van der Waals surface area contributed by atoms with Crippen molar-refractivity contribution in [3.05, 3.63) is 118 Å². The summed E-state index contributed by atoms with van der Waals surface area (Å²) in [6.07, 6.45) is 2.08. The molecule has 1 aliphatic heterocycles. The van der Waals surface area contributed by atoms with Crippen molar-refractivity contribution in [1.29, 1.82) is 0 Å². The number of hydrogen-bond acceptors (Lipinski definition) is 3. The van der Waals surface area contributed by atoms with E-state index in [1.807, 2.05) is 24.3 Å². The molecule has 4 nitrogen and oxygen atoms in total. The fourth-order valence-electron chi connectivity index (χ4n) is 4.86. The predicted octanol–water partition coefficient (Wildman–Crippen LogP) is 7.76. The Kier molecular flexibility index (Phi) is 6.88. The van der Waals surface area contributed by atoms with Gasteiger partial charge < -0.3 is 14.0 Å². The Bertz CT molecular complexity index is 1590. The monoisotopic (exact) mass is 526 g/mol. The zero-order valence-electron chi connectivity index (χ0n) is 21.2. The zero-order valence-corrected chi connectivity index (χ0v) is 21.9. The summed E-state index contributed by atoms with van der Waals surface area (Å²) in [6.45, 7) is 3.90. The third kappa shape index (κ3) is 5.17. The van der Waals surface area contributed by atoms with E-state index in [0.29, 0.717) is 16.3 Å². The van der Waals surface area contributed by atoms with E-state index in [9.17, 15) is 4.39 Å². The molecule has 6 rings (SSSR count). The number of hydrogen-bond donors (Lipinski definition) is 0. The molecule has 0 bridgehead atoms. The van der Waals surface area contributed by atoms with Crippen LogP contribution in [0.1, 0.15) is 28.9 Å². The van der Waals surface area contributed by atoms with Crippen LogP contribution in [0, 0.1) is 12.7 Å². The van der Waals surface area contributed by atoms with Gasteiger partial charge in [0, 0.05) is 29.2 Å². The largest absolute Gasteiger partial charge is 0.488 e. The van der Waals surface area contributed by atoms with Gasteiger partial charge >= 0.3 is 0 Å². The van der Waals surface area contributed by atoms with Gasteiger partial charge in [0.05, 0.1) is 23.7 Å². The minimum Gasteiger partial charge on any atom is -0.488 e. The van der Waals surface area contributed by atoms with E-state index >= 15 is 0 Å². The van der Waals surface area contributed by atoms with Gasteiger partial charge in [0.2, 0.25) is 0 Å². The lowest BCUT2D eigenvalue weighted by Gasteiger charge is -2.27. The van der Waals surface area contributed by atoms with Gasteiger partial charge in [-0.1, -0.05) is 66.2 Å². The fourth-order valence-corrected chi connectivity index (χ4v) is 5.02. The van der Waals surface area contributed by atoms with E-state index in [4.69, 9.17) is 26.1 Å². The molecule has 1 aromatic heterocycles. The summed E-state index contributed by atoms with van der Waals surface area (Å²) in [4.78, 5) is 4.97. The topological polar surface area (TPSA) is 36.3 Å². The number of nitrogens with zero attached hydrogens (tertiary/aromatic N) is 2. The van der Waals surface area contributed by atoms with Gasteiger partial charge in [-0.05, 0) is 60.4 Å². The van der Waals surface area contributed by atoms with Crippen molar-refractivity contribution in [2.75, 3.05) is 6.61 Å². The van der Waals surface area contributed by atoms with Gasteiger partial charge in [0.1, 0.15) is 24.0 Å². The van der Waals surface area contributed by atoms with E-state index in [2.05, 4.69) is 54.0 Å². The van der Waals surface area contributed by atoms with Gasteiger partial charge in [-0.15, -0.1) is 0 Å². The maximum atomic E-state index is 14.2. The molecule has 0 spiro atoms. The zero-order chi connectivity index (χ0) is 26.1. The molecular formula is C32H28ClFN2O2. The molecule has 4 aromatic carbocycles. The first-order chi connectivity index (χ1) is 18.5. The Morgan fingerprint density at radius 3 is 2.61 bits per heavy atom. The number of para-hydroxylation sites is 1. The Balaban J connectivity index is 1.23. The summed E-state index contributed by atoms with van der Waals surface area (Å²) in [7, 11) is 0. The standard InChI is InChI=1S/C32H28ClFN2O2/c1-21-6-13-29-30(16-21)36(19-26-14-15-37-26)32(35-29)17-22-7-9-23(10-8-22)27-4-2-3-5-31(27)38-20-24-11-12-25(33)18-28(24)34/h2-13,16,18,26H,14-15,17,19-20H2,1H3/t26-/m0/s1. The summed E-state index contributed by atoms with van der Waals surface area (Å²) < 4.78 is 28.3. The summed E-state index contributed by atoms with van der Waals surface area (Å²) in [5, 5.41) is 0.369. The molecule has 1 saturated heterocycles. The van der Waals surface area contributed by atoms with E-state index < -0.39 is 0 Å². The normalized spacial score (nSPS) is 15.0. The molecule has 0 aliphatic carbocycles. The van der Waals surface area contributed by atoms with Crippen LogP contribution < -0.4 is 4.74 Å². The van der Waals surface area contributed by atoms with Gasteiger partial charge in [-0.2, -0.15) is 0 Å². The van der Waals surface area contributed by atoms with Crippen LogP contribution in [0.15, 0.2) is 84.9 Å². The van der Waals surface area contributed by atoms with Crippen LogP contribution >= 0.6 is 11.6 Å². The molecular weight excluding hydrogens is 499 g/mol. The van der Waals surface area contributed by atoms with Crippen molar-refractivity contribution in [1.82, 2.24) is 9.55 Å². The minimum absolute atomic E-state index is 0.124. The second kappa shape index (κ2) is 10.6. The first kappa shape index (κ1) is 24.7. The van der Waals surface area contributed by atoms with Crippen LogP contribution in [0.25, 0.3) is 22.2 Å². The Labute approximate surface area is 226 Å². The van der Waals surface area contributed by atoms with Crippen LogP contribution in [-0.2, 0) is 24.3 Å². The van der Waals surface area contributed by atoms with E-state index in [1.54, 1.807) is 12.1 Å². The molecule has 0 saturated carbocycles. The highest BCUT2D eigenvalue weighted by Crippen LogP contribution is 2.31. The molecule has 5 aromatic rings. The number of aryl methyl sites for hydroxylation is 1. The molecule has 192 valence electrons. The van der Waals surface area contributed by atoms with Crippen LogP contribution in [0.2, 0.25) is 5.02 Å². The maximum Gasteiger partial charge on any atom is 0.131 e. The summed E-state index contributed by atoms with van der Waals surface area (Å²) >= 11 is 5.88. The number of aromatic nitrogens is 2. The summed E-state index contributed by atoms with van der Waals surface area (Å²) in [6, 6.07) is 27.4. The van der Waals surface area contributed by atoms with Crippen molar-refractivity contribution in [3.63, 3.8) is 0 Å². The minimum atomic E-state index is -0.371. The number of imidazole rings is 1. The van der Waals surface area contributed by atoms with E-state index in [-0.39, 0.29) is 18.5 Å². The van der Waals surface area contributed by atoms with Gasteiger partial charge in [0.15, 0.2) is 0 Å². The Hall–Kier alpha value is -3.67. The lowest BCUT2D eigenvalue weighted by Crippen LogP contribution is -2.31. The molecule has 0 radical (unpaired) electrons. The maximum absolute atomic E-state index is 14.2. The number of fused-ring (bicyclic) bond motifs is 1. The van der Waals surface area contributed by atoms with Crippen molar-refractivity contribution < 1.29 is 13.9 Å². The molecule has 1 atom stereocenters. The van der Waals surface area contributed by atoms with Crippen molar-refractivity contribution in [2.45, 2.75) is 39.0 Å². The molecule has 38 heavy (non-hydrogen) atoms. The molecule has 0 N–H and O–H groups in total. The van der Waals surface area contributed by atoms with Crippen molar-refractivity contribution in [3.8, 4) is 16.9 Å². The van der Waals surface area contributed by atoms with E-state index in [0.717, 1.165) is 54.0 Å². The Morgan fingerprint density at radius 2 is 1.84 bits per heavy atom. The molecule has 1 aliphatic rings. The number of benzene rings is 4. The quantitative estimate of drug-likeness (QED) is 0.207. The highest BCUT2D eigenvalue weighted by atomic mass is 35.5. The number of ether oxygens (including phenoxy) is 2. The second-order valence-corrected chi connectivity index (χ2v) is 10.2. The van der Waals surface area contributed by atoms with E-state index in [1.165, 1.54) is 17.2 Å². The SMILES string of the molecule is Cc1ccc2nc(Cc3ccc(-c4ccccc4OCc4ccc(Cl)cc4F)cc3)n(C[C@@H]3CCO3)c2c1. The first-order valence-electron chi connectivity index (χ1n) is 12.9. The third-order valence-corrected chi connectivity index (χ3v) is 7.31. The molecule has 0 unspecified atom stereocenters. The lowest BCUT2D eigenvalue weighted by atomic mass is 10.0. The van der Waals surface area contributed by atoms with Crippen molar-refractivity contribution in [2.24, 2.45) is 0 Å². The smallest absolute Gasteiger partial charge is 0.131 e. The first-order valence-corrected chi connectivity index (χ1v) is 13.2. The second-order valence-electron chi connectivity index (χ2n) is 9.81. The number of halogens is 2. The molecule has 0 amide bonds. The average molecular weight is 527 g/mol. The highest BCUT2D eigenvalue weighted by Gasteiger charge is 2.22. The summed E-state index contributed by atoms with van der Waals surface area (Å²) in [5.41, 5.74) is 7.04. The highest BCUT2D eigenvalue weighted by molar-refractivity contribution is 6.30. The average Bonchev–Trinajstić information content (AvgIpc) is 3.22. The van der Waals surface area contributed by atoms with Gasteiger partial charge in [-0.25, -0.2) is 9.37 Å². The van der Waals surface area contributed by atoms with Crippen LogP contribution in [0.5, 0.6) is 5.75 Å². The van der Waals surface area contributed by atoms with Crippen LogP contribution in [0.3, 0.4) is 0 Å². The lowest BCUT2D eigenvalue weighted by molar-refractivity contribution is -0.0589. The molecule has 2 heterocycles. The Morgan fingerprint density at radius 1 is 1.03 bits per heavy atom. The predicted molar refractivity (Wildman–Crippen MR) is 149 cm³/mol. The fraction of sp³-hybridized carbons (Fsp3) is 0.219. The van der Waals surface area contributed by atoms with Crippen LogP contribution in [0.4, 0.5) is 4.39 Å². The van der Waals surface area contributed by atoms with Gasteiger partial charge in [-0.3, -0.25) is 0 Å². The third-order valence-electron chi connectivity index (χ3n) is 7.07.